The van der Waals surface area contributed by atoms with E-state index < -0.39 is 0 Å². The van der Waals surface area contributed by atoms with Gasteiger partial charge in [-0.3, -0.25) is 9.20 Å². The summed E-state index contributed by atoms with van der Waals surface area (Å²) in [5.41, 5.74) is 6.91. The number of carbonyl (C=O) groups excluding carboxylic acids is 1. The van der Waals surface area contributed by atoms with E-state index in [0.29, 0.717) is 0 Å². The molecule has 0 aliphatic carbocycles. The van der Waals surface area contributed by atoms with Crippen LogP contribution in [0.15, 0.2) is 43.0 Å². The molecule has 23 heavy (non-hydrogen) atoms. The molecule has 0 bridgehead atoms. The first-order valence-electron chi connectivity index (χ1n) is 7.62. The van der Waals surface area contributed by atoms with Crippen LogP contribution in [-0.2, 0) is 6.42 Å². The molecule has 5 nitrogen and oxygen atoms in total. The van der Waals surface area contributed by atoms with Crippen molar-refractivity contribution >= 4 is 22.5 Å². The van der Waals surface area contributed by atoms with Gasteiger partial charge < -0.3 is 4.98 Å². The van der Waals surface area contributed by atoms with E-state index in [1.807, 2.05) is 36.8 Å². The van der Waals surface area contributed by atoms with Crippen molar-refractivity contribution in [3.05, 3.63) is 54.1 Å². The van der Waals surface area contributed by atoms with Gasteiger partial charge in [-0.05, 0) is 18.9 Å². The Morgan fingerprint density at radius 3 is 2.70 bits per heavy atom. The number of rotatable bonds is 3. The first-order valence-corrected chi connectivity index (χ1v) is 7.62. The average Bonchev–Trinajstić information content (AvgIpc) is 3.18. The van der Waals surface area contributed by atoms with Crippen LogP contribution in [0.25, 0.3) is 27.9 Å². The molecular formula is C18H16N4O. The van der Waals surface area contributed by atoms with E-state index in [9.17, 15) is 4.79 Å². The van der Waals surface area contributed by atoms with E-state index in [1.54, 1.807) is 13.1 Å². The van der Waals surface area contributed by atoms with Gasteiger partial charge in [-0.2, -0.15) is 0 Å². The molecule has 0 spiro atoms. The number of H-pyrrole nitrogens is 1. The number of carbonyl (C=O) groups is 1. The summed E-state index contributed by atoms with van der Waals surface area (Å²) in [6, 6.07) is 7.68. The number of Topliss-reactive ketones (excluding diaryl/α,β-unsaturated/α-hetero) is 1. The summed E-state index contributed by atoms with van der Waals surface area (Å²) in [5, 5.41) is 0. The molecule has 0 amide bonds. The maximum absolute atomic E-state index is 11.4. The fourth-order valence-electron chi connectivity index (χ4n) is 3.05. The summed E-state index contributed by atoms with van der Waals surface area (Å²) in [6.07, 6.45) is 6.31. The third-order valence-corrected chi connectivity index (χ3v) is 4.22. The quantitative estimate of drug-likeness (QED) is 0.588. The van der Waals surface area contributed by atoms with Crippen LogP contribution in [0.1, 0.15) is 29.8 Å². The van der Waals surface area contributed by atoms with Gasteiger partial charge in [0.15, 0.2) is 11.4 Å². The van der Waals surface area contributed by atoms with Crippen molar-refractivity contribution in [2.24, 2.45) is 0 Å². The third-order valence-electron chi connectivity index (χ3n) is 4.22. The topological polar surface area (TPSA) is 63.0 Å². The van der Waals surface area contributed by atoms with Crippen molar-refractivity contribution in [2.75, 3.05) is 0 Å². The maximum Gasteiger partial charge on any atom is 0.159 e. The molecular weight excluding hydrogens is 288 g/mol. The summed E-state index contributed by atoms with van der Waals surface area (Å²) in [6.45, 7) is 3.71. The lowest BCUT2D eigenvalue weighted by molar-refractivity contribution is 0.101. The second kappa shape index (κ2) is 5.05. The molecule has 0 radical (unpaired) electrons. The van der Waals surface area contributed by atoms with Crippen molar-refractivity contribution in [3.63, 3.8) is 0 Å². The Bertz CT molecular complexity index is 1020. The summed E-state index contributed by atoms with van der Waals surface area (Å²) in [7, 11) is 0. The molecule has 3 heterocycles. The second-order valence-corrected chi connectivity index (χ2v) is 5.61. The van der Waals surface area contributed by atoms with Crippen LogP contribution in [0.3, 0.4) is 0 Å². The molecule has 0 saturated carbocycles. The molecule has 1 aromatic carbocycles. The Kier molecular flexibility index (Phi) is 3.01. The van der Waals surface area contributed by atoms with Gasteiger partial charge >= 0.3 is 0 Å². The van der Waals surface area contributed by atoms with Crippen molar-refractivity contribution in [2.45, 2.75) is 20.3 Å². The molecule has 114 valence electrons. The lowest BCUT2D eigenvalue weighted by Crippen LogP contribution is -1.92. The van der Waals surface area contributed by atoms with E-state index in [0.717, 1.165) is 39.9 Å². The molecule has 0 atom stereocenters. The molecule has 4 aromatic rings. The minimum atomic E-state index is 0.0747. The van der Waals surface area contributed by atoms with Crippen molar-refractivity contribution in [3.8, 4) is 11.3 Å². The highest BCUT2D eigenvalue weighted by atomic mass is 16.1. The Morgan fingerprint density at radius 1 is 1.22 bits per heavy atom. The van der Waals surface area contributed by atoms with Crippen LogP contribution in [0.4, 0.5) is 0 Å². The average molecular weight is 304 g/mol. The molecule has 3 aromatic heterocycles. The van der Waals surface area contributed by atoms with Crippen LogP contribution >= 0.6 is 0 Å². The van der Waals surface area contributed by atoms with Gasteiger partial charge in [-0.1, -0.05) is 31.2 Å². The van der Waals surface area contributed by atoms with E-state index in [1.165, 1.54) is 5.56 Å². The van der Waals surface area contributed by atoms with Crippen LogP contribution in [0, 0.1) is 0 Å². The SMILES string of the molecule is CCc1c(-c2ccc(C(C)=O)cc2)[nH]c2ncc3cncn3c12. The van der Waals surface area contributed by atoms with Gasteiger partial charge in [0, 0.05) is 11.1 Å². The van der Waals surface area contributed by atoms with Gasteiger partial charge in [0.2, 0.25) is 0 Å². The first kappa shape index (κ1) is 13.7. The molecule has 5 heteroatoms. The number of aryl methyl sites for hydroxylation is 1. The summed E-state index contributed by atoms with van der Waals surface area (Å²) < 4.78 is 2.06. The minimum Gasteiger partial charge on any atom is -0.338 e. The van der Waals surface area contributed by atoms with Crippen molar-refractivity contribution in [1.29, 1.82) is 0 Å². The first-order chi connectivity index (χ1) is 11.2. The predicted molar refractivity (Wildman–Crippen MR) is 89.7 cm³/mol. The van der Waals surface area contributed by atoms with Gasteiger partial charge in [0.1, 0.15) is 0 Å². The van der Waals surface area contributed by atoms with Crippen LogP contribution in [0.5, 0.6) is 0 Å². The summed E-state index contributed by atoms with van der Waals surface area (Å²) >= 11 is 0. The number of aromatic amines is 1. The molecule has 0 aliphatic heterocycles. The molecule has 4 rings (SSSR count). The Labute approximate surface area is 133 Å². The van der Waals surface area contributed by atoms with E-state index >= 15 is 0 Å². The minimum absolute atomic E-state index is 0.0747. The molecule has 0 saturated heterocycles. The number of fused-ring (bicyclic) bond motifs is 3. The normalized spacial score (nSPS) is 11.4. The van der Waals surface area contributed by atoms with Crippen LogP contribution in [0.2, 0.25) is 0 Å². The van der Waals surface area contributed by atoms with Gasteiger partial charge in [0.05, 0.1) is 35.4 Å². The molecule has 0 fully saturated rings. The lowest BCUT2D eigenvalue weighted by atomic mass is 10.0. The van der Waals surface area contributed by atoms with Gasteiger partial charge in [-0.15, -0.1) is 0 Å². The number of benzene rings is 1. The number of nitrogens with zero attached hydrogens (tertiary/aromatic N) is 3. The molecule has 1 N–H and O–H groups in total. The van der Waals surface area contributed by atoms with E-state index in [-0.39, 0.29) is 5.78 Å². The molecule has 0 aliphatic rings. The summed E-state index contributed by atoms with van der Waals surface area (Å²) in [5.74, 6) is 0.0747. The zero-order valence-electron chi connectivity index (χ0n) is 13.0. The van der Waals surface area contributed by atoms with Gasteiger partial charge in [0.25, 0.3) is 0 Å². The number of hydrogen-bond donors (Lipinski definition) is 1. The van der Waals surface area contributed by atoms with Crippen molar-refractivity contribution < 1.29 is 4.79 Å². The van der Waals surface area contributed by atoms with Gasteiger partial charge in [-0.25, -0.2) is 9.97 Å². The fourth-order valence-corrected chi connectivity index (χ4v) is 3.05. The Hall–Kier alpha value is -2.95. The highest BCUT2D eigenvalue weighted by molar-refractivity contribution is 5.95. The van der Waals surface area contributed by atoms with E-state index in [2.05, 4.69) is 26.3 Å². The zero-order chi connectivity index (χ0) is 16.0. The highest BCUT2D eigenvalue weighted by Crippen LogP contribution is 2.30. The predicted octanol–water partition coefficient (Wildman–Crippen LogP) is 3.64. The van der Waals surface area contributed by atoms with Crippen LogP contribution in [-0.4, -0.2) is 25.1 Å². The lowest BCUT2D eigenvalue weighted by Gasteiger charge is -2.04. The number of hydrogen-bond acceptors (Lipinski definition) is 3. The smallest absolute Gasteiger partial charge is 0.159 e. The third kappa shape index (κ3) is 2.04. The number of aromatic nitrogens is 4. The van der Waals surface area contributed by atoms with Crippen molar-refractivity contribution in [1.82, 2.24) is 19.4 Å². The number of imidazole rings is 1. The Morgan fingerprint density at radius 2 is 2.00 bits per heavy atom. The second-order valence-electron chi connectivity index (χ2n) is 5.61. The number of nitrogens with one attached hydrogen (secondary N) is 1. The summed E-state index contributed by atoms with van der Waals surface area (Å²) in [4.78, 5) is 23.6. The largest absolute Gasteiger partial charge is 0.338 e. The number of ketones is 1. The standard InChI is InChI=1S/C18H16N4O/c1-3-15-16(13-6-4-12(5-7-13)11(2)23)21-18-17(15)22-10-19-8-14(22)9-20-18/h4-10,21H,3H2,1-2H3. The molecule has 0 unspecified atom stereocenters. The Balaban J connectivity index is 1.97. The van der Waals surface area contributed by atoms with E-state index in [4.69, 9.17) is 0 Å². The highest BCUT2D eigenvalue weighted by Gasteiger charge is 2.15. The monoisotopic (exact) mass is 304 g/mol. The maximum atomic E-state index is 11.4. The zero-order valence-corrected chi connectivity index (χ0v) is 13.0. The fraction of sp³-hybridized carbons (Fsp3) is 0.167. The van der Waals surface area contributed by atoms with Crippen LogP contribution < -0.4 is 0 Å².